The summed E-state index contributed by atoms with van der Waals surface area (Å²) in [5.41, 5.74) is 0.138. The molecular formula is C19H17N3O6S4. The fourth-order valence-electron chi connectivity index (χ4n) is 3.34. The number of imide groups is 1. The van der Waals surface area contributed by atoms with Gasteiger partial charge in [-0.1, -0.05) is 12.1 Å². The second-order valence-electron chi connectivity index (χ2n) is 6.89. The van der Waals surface area contributed by atoms with E-state index < -0.39 is 37.9 Å². The largest absolute Gasteiger partial charge is 0.274 e. The molecule has 4 rings (SSSR count). The van der Waals surface area contributed by atoms with E-state index in [0.29, 0.717) is 0 Å². The maximum Gasteiger partial charge on any atom is 0.253 e. The number of carbonyl (C=O) groups excluding carboxylic acids is 2. The van der Waals surface area contributed by atoms with Gasteiger partial charge in [0, 0.05) is 11.4 Å². The smallest absolute Gasteiger partial charge is 0.253 e. The zero-order valence-electron chi connectivity index (χ0n) is 16.3. The second-order valence-corrected chi connectivity index (χ2v) is 12.5. The number of primary sulfonamides is 1. The molecule has 1 aliphatic rings. The molecule has 32 heavy (non-hydrogen) atoms. The summed E-state index contributed by atoms with van der Waals surface area (Å²) in [6.45, 7) is -0.0558. The summed E-state index contributed by atoms with van der Waals surface area (Å²) in [6, 6.07) is 10.3. The highest BCUT2D eigenvalue weighted by atomic mass is 32.2. The number of nitrogens with two attached hydrogens (primary N) is 1. The van der Waals surface area contributed by atoms with Crippen molar-refractivity contribution in [2.75, 3.05) is 4.90 Å². The van der Waals surface area contributed by atoms with E-state index in [1.54, 1.807) is 29.0 Å². The van der Waals surface area contributed by atoms with Gasteiger partial charge in [0.1, 0.15) is 10.3 Å². The van der Waals surface area contributed by atoms with Crippen LogP contribution in [0.5, 0.6) is 0 Å². The minimum absolute atomic E-state index is 0.0558. The Balaban J connectivity index is 1.70. The molecule has 2 N–H and O–H groups in total. The van der Waals surface area contributed by atoms with Crippen molar-refractivity contribution in [3.05, 3.63) is 64.2 Å². The molecule has 9 nitrogen and oxygen atoms in total. The Morgan fingerprint density at radius 2 is 1.62 bits per heavy atom. The lowest BCUT2D eigenvalue weighted by atomic mass is 10.2. The van der Waals surface area contributed by atoms with Crippen LogP contribution in [0.3, 0.4) is 0 Å². The number of amides is 2. The molecule has 1 saturated heterocycles. The number of anilines is 1. The Kier molecular flexibility index (Phi) is 6.04. The van der Waals surface area contributed by atoms with Gasteiger partial charge in [-0.2, -0.15) is 4.31 Å². The van der Waals surface area contributed by atoms with Gasteiger partial charge in [-0.05, 0) is 47.2 Å². The summed E-state index contributed by atoms with van der Waals surface area (Å²) >= 11 is 2.37. The molecule has 0 radical (unpaired) electrons. The third-order valence-corrected chi connectivity index (χ3v) is 9.86. The van der Waals surface area contributed by atoms with E-state index in [1.807, 2.05) is 0 Å². The van der Waals surface area contributed by atoms with Crippen molar-refractivity contribution in [1.82, 2.24) is 4.31 Å². The second kappa shape index (κ2) is 8.50. The summed E-state index contributed by atoms with van der Waals surface area (Å²) in [6.07, 6.45) is -0.328. The van der Waals surface area contributed by atoms with E-state index in [4.69, 9.17) is 5.14 Å². The zero-order chi connectivity index (χ0) is 23.1. The molecular weight excluding hydrogens is 494 g/mol. The fourth-order valence-corrected chi connectivity index (χ4v) is 7.32. The molecule has 1 aliphatic heterocycles. The van der Waals surface area contributed by atoms with Crippen LogP contribution < -0.4 is 10.0 Å². The van der Waals surface area contributed by atoms with E-state index in [9.17, 15) is 26.4 Å². The Labute approximate surface area is 192 Å². The van der Waals surface area contributed by atoms with Crippen LogP contribution >= 0.6 is 22.7 Å². The third-order valence-electron chi connectivity index (χ3n) is 4.84. The third kappa shape index (κ3) is 4.27. The molecule has 2 aromatic heterocycles. The molecule has 3 heterocycles. The number of thiophene rings is 2. The molecule has 0 spiro atoms. The average Bonchev–Trinajstić information content (AvgIpc) is 3.48. The van der Waals surface area contributed by atoms with Crippen molar-refractivity contribution in [3.63, 3.8) is 0 Å². The van der Waals surface area contributed by atoms with Crippen molar-refractivity contribution < 1.29 is 26.4 Å². The Morgan fingerprint density at radius 1 is 0.969 bits per heavy atom. The molecule has 2 amide bonds. The standard InChI is InChI=1S/C19H17N3O6S4/c20-31(25,26)15-7-5-13(6-8-15)22-17(23)11-16(19(22)24)21(12-14-3-1-9-29-14)32(27,28)18-4-2-10-30-18/h1-10,16H,11-12H2,(H2,20,25,26). The van der Waals surface area contributed by atoms with Crippen molar-refractivity contribution in [2.45, 2.75) is 28.1 Å². The minimum Gasteiger partial charge on any atom is -0.274 e. The summed E-state index contributed by atoms with van der Waals surface area (Å²) in [5, 5.41) is 8.51. The van der Waals surface area contributed by atoms with Gasteiger partial charge in [0.05, 0.1) is 17.0 Å². The van der Waals surface area contributed by atoms with Crippen molar-refractivity contribution in [3.8, 4) is 0 Å². The minimum atomic E-state index is -4.04. The number of rotatable bonds is 7. The summed E-state index contributed by atoms with van der Waals surface area (Å²) in [5.74, 6) is -1.28. The molecule has 168 valence electrons. The number of hydrogen-bond donors (Lipinski definition) is 1. The molecule has 0 saturated carbocycles. The van der Waals surface area contributed by atoms with Gasteiger partial charge < -0.3 is 0 Å². The SMILES string of the molecule is NS(=O)(=O)c1ccc(N2C(=O)CC(N(Cc3cccs3)S(=O)(=O)c3cccs3)C2=O)cc1. The van der Waals surface area contributed by atoms with Gasteiger partial charge in [-0.15, -0.1) is 22.7 Å². The van der Waals surface area contributed by atoms with Gasteiger partial charge in [-0.25, -0.2) is 26.9 Å². The summed E-state index contributed by atoms with van der Waals surface area (Å²) < 4.78 is 50.7. The van der Waals surface area contributed by atoms with Gasteiger partial charge >= 0.3 is 0 Å². The lowest BCUT2D eigenvalue weighted by molar-refractivity contribution is -0.122. The maximum absolute atomic E-state index is 13.3. The van der Waals surface area contributed by atoms with E-state index in [2.05, 4.69) is 0 Å². The van der Waals surface area contributed by atoms with Crippen LogP contribution in [0, 0.1) is 0 Å². The predicted octanol–water partition coefficient (Wildman–Crippen LogP) is 1.98. The van der Waals surface area contributed by atoms with Crippen LogP contribution in [-0.4, -0.2) is 39.0 Å². The normalized spacial score (nSPS) is 17.4. The van der Waals surface area contributed by atoms with Crippen LogP contribution in [0.4, 0.5) is 5.69 Å². The van der Waals surface area contributed by atoms with E-state index in [-0.39, 0.29) is 27.8 Å². The summed E-state index contributed by atoms with van der Waals surface area (Å²) in [4.78, 5) is 27.4. The maximum atomic E-state index is 13.3. The number of carbonyl (C=O) groups is 2. The topological polar surface area (TPSA) is 135 Å². The van der Waals surface area contributed by atoms with Crippen LogP contribution in [0.15, 0.2) is 68.4 Å². The first-order valence-electron chi connectivity index (χ1n) is 9.16. The van der Waals surface area contributed by atoms with Crippen LogP contribution in [0.1, 0.15) is 11.3 Å². The summed E-state index contributed by atoms with van der Waals surface area (Å²) in [7, 11) is -7.98. The first kappa shape index (κ1) is 22.8. The Morgan fingerprint density at radius 3 is 2.19 bits per heavy atom. The fraction of sp³-hybridized carbons (Fsp3) is 0.158. The van der Waals surface area contributed by atoms with Crippen LogP contribution in [0.2, 0.25) is 0 Å². The number of sulfonamides is 2. The van der Waals surface area contributed by atoms with Crippen molar-refractivity contribution in [2.24, 2.45) is 5.14 Å². The Hall–Kier alpha value is -2.42. The number of benzene rings is 1. The highest BCUT2D eigenvalue weighted by molar-refractivity contribution is 7.91. The number of nitrogens with zero attached hydrogens (tertiary/aromatic N) is 2. The van der Waals surface area contributed by atoms with Gasteiger partial charge in [0.2, 0.25) is 15.9 Å². The van der Waals surface area contributed by atoms with Crippen LogP contribution in [0.25, 0.3) is 0 Å². The predicted molar refractivity (Wildman–Crippen MR) is 120 cm³/mol. The molecule has 0 bridgehead atoms. The van der Waals surface area contributed by atoms with Gasteiger partial charge in [0.25, 0.3) is 15.9 Å². The zero-order valence-corrected chi connectivity index (χ0v) is 19.6. The van der Waals surface area contributed by atoms with E-state index in [1.165, 1.54) is 41.7 Å². The van der Waals surface area contributed by atoms with Gasteiger partial charge in [0.15, 0.2) is 0 Å². The highest BCUT2D eigenvalue weighted by Gasteiger charge is 2.47. The molecule has 1 unspecified atom stereocenters. The van der Waals surface area contributed by atoms with Crippen LogP contribution in [-0.2, 0) is 36.2 Å². The first-order chi connectivity index (χ1) is 15.1. The first-order valence-corrected chi connectivity index (χ1v) is 13.9. The average molecular weight is 512 g/mol. The lowest BCUT2D eigenvalue weighted by Gasteiger charge is -2.25. The quantitative estimate of drug-likeness (QED) is 0.482. The van der Waals surface area contributed by atoms with Crippen molar-refractivity contribution >= 4 is 60.2 Å². The molecule has 1 atom stereocenters. The highest BCUT2D eigenvalue weighted by Crippen LogP contribution is 2.32. The van der Waals surface area contributed by atoms with E-state index in [0.717, 1.165) is 25.4 Å². The lowest BCUT2D eigenvalue weighted by Crippen LogP contribution is -2.44. The van der Waals surface area contributed by atoms with E-state index >= 15 is 0 Å². The molecule has 13 heteroatoms. The molecule has 3 aromatic rings. The van der Waals surface area contributed by atoms with Crippen molar-refractivity contribution in [1.29, 1.82) is 0 Å². The van der Waals surface area contributed by atoms with Gasteiger partial charge in [-0.3, -0.25) is 9.59 Å². The Bertz CT molecular complexity index is 1350. The number of hydrogen-bond acceptors (Lipinski definition) is 8. The molecule has 0 aliphatic carbocycles. The molecule has 1 fully saturated rings. The molecule has 1 aromatic carbocycles. The monoisotopic (exact) mass is 511 g/mol.